The van der Waals surface area contributed by atoms with Gasteiger partial charge in [-0.3, -0.25) is 9.78 Å². The molecule has 0 bridgehead atoms. The van der Waals surface area contributed by atoms with E-state index in [1.54, 1.807) is 17.2 Å². The topological polar surface area (TPSA) is 114 Å². The van der Waals surface area contributed by atoms with Crippen molar-refractivity contribution in [3.8, 4) is 28.4 Å². The number of aromatic nitrogens is 4. The normalized spacial score (nSPS) is 16.3. The monoisotopic (exact) mass is 574 g/mol. The summed E-state index contributed by atoms with van der Waals surface area (Å²) < 4.78 is 38.8. The molecular formula is C30H28F2N6O4. The quantitative estimate of drug-likeness (QED) is 0.366. The van der Waals surface area contributed by atoms with E-state index >= 15 is 8.78 Å². The fourth-order valence-electron chi connectivity index (χ4n) is 5.71. The predicted molar refractivity (Wildman–Crippen MR) is 152 cm³/mol. The number of nitrogens with zero attached hydrogens (tertiary/aromatic N) is 6. The number of ether oxygens (including phenoxy) is 1. The summed E-state index contributed by atoms with van der Waals surface area (Å²) in [7, 11) is 0. The first-order valence-corrected chi connectivity index (χ1v) is 13.5. The molecule has 0 spiro atoms. The molecule has 1 atom stereocenters. The molecule has 3 aromatic heterocycles. The van der Waals surface area contributed by atoms with Crippen LogP contribution in [0.1, 0.15) is 31.0 Å². The molecule has 1 unspecified atom stereocenters. The fraction of sp³-hybridized carbons (Fsp3) is 0.300. The van der Waals surface area contributed by atoms with Gasteiger partial charge in [-0.05, 0) is 42.7 Å². The first kappa shape index (κ1) is 27.3. The third kappa shape index (κ3) is 4.16. The lowest BCUT2D eigenvalue weighted by Gasteiger charge is -2.40. The fourth-order valence-corrected chi connectivity index (χ4v) is 5.71. The van der Waals surface area contributed by atoms with E-state index in [4.69, 9.17) is 4.74 Å². The van der Waals surface area contributed by atoms with Crippen LogP contribution in [-0.4, -0.2) is 67.7 Å². The Kier molecular flexibility index (Phi) is 6.63. The minimum atomic E-state index is -1.01. The molecule has 2 aliphatic heterocycles. The lowest BCUT2D eigenvalue weighted by Crippen LogP contribution is -2.56. The number of aromatic hydroxyl groups is 1. The van der Waals surface area contributed by atoms with Gasteiger partial charge in [0.05, 0.1) is 23.0 Å². The summed E-state index contributed by atoms with van der Waals surface area (Å²) in [5.74, 6) is -2.94. The molecular weight excluding hydrogens is 546 g/mol. The number of carbonyl (C=O) groups excluding carboxylic acids is 1. The van der Waals surface area contributed by atoms with Crippen LogP contribution in [0.3, 0.4) is 0 Å². The smallest absolute Gasteiger partial charge is 0.355 e. The highest BCUT2D eigenvalue weighted by Gasteiger charge is 2.38. The number of halogens is 2. The molecule has 10 nitrogen and oxygen atoms in total. The van der Waals surface area contributed by atoms with Crippen LogP contribution in [0, 0.1) is 18.6 Å². The van der Waals surface area contributed by atoms with Gasteiger partial charge in [0.15, 0.2) is 17.2 Å². The highest BCUT2D eigenvalue weighted by Crippen LogP contribution is 2.44. The van der Waals surface area contributed by atoms with Gasteiger partial charge in [-0.1, -0.05) is 26.5 Å². The number of piperazine rings is 1. The number of phenols is 1. The predicted octanol–water partition coefficient (Wildman–Crippen LogP) is 3.85. The molecule has 1 aromatic carbocycles. The molecule has 0 aliphatic carbocycles. The van der Waals surface area contributed by atoms with Crippen molar-refractivity contribution in [2.45, 2.75) is 32.7 Å². The van der Waals surface area contributed by atoms with E-state index in [1.165, 1.54) is 22.8 Å². The molecule has 0 radical (unpaired) electrons. The lowest BCUT2D eigenvalue weighted by atomic mass is 10.0. The Hall–Kier alpha value is -4.87. The maximum absolute atomic E-state index is 16.4. The zero-order valence-electron chi connectivity index (χ0n) is 23.3. The Morgan fingerprint density at radius 1 is 1.21 bits per heavy atom. The number of anilines is 1. The van der Waals surface area contributed by atoms with Crippen molar-refractivity contribution < 1.29 is 23.4 Å². The van der Waals surface area contributed by atoms with Gasteiger partial charge in [-0.2, -0.15) is 4.98 Å². The van der Waals surface area contributed by atoms with Crippen LogP contribution < -0.4 is 15.3 Å². The van der Waals surface area contributed by atoms with E-state index in [9.17, 15) is 14.7 Å². The lowest BCUT2D eigenvalue weighted by molar-refractivity contribution is -0.126. The number of hydrogen-bond acceptors (Lipinski definition) is 8. The third-order valence-corrected chi connectivity index (χ3v) is 7.72. The van der Waals surface area contributed by atoms with E-state index in [-0.39, 0.29) is 47.6 Å². The van der Waals surface area contributed by atoms with Crippen molar-refractivity contribution in [3.05, 3.63) is 76.5 Å². The average molecular weight is 575 g/mol. The van der Waals surface area contributed by atoms with Crippen molar-refractivity contribution in [3.63, 3.8) is 0 Å². The second-order valence-electron chi connectivity index (χ2n) is 10.7. The van der Waals surface area contributed by atoms with Gasteiger partial charge in [-0.15, -0.1) is 0 Å². The number of fused-ring (bicyclic) bond motifs is 2. The summed E-state index contributed by atoms with van der Waals surface area (Å²) in [6.07, 6.45) is 2.86. The van der Waals surface area contributed by atoms with Gasteiger partial charge in [-0.25, -0.2) is 23.1 Å². The van der Waals surface area contributed by atoms with Crippen LogP contribution >= 0.6 is 0 Å². The molecule has 1 N–H and O–H groups in total. The molecule has 12 heteroatoms. The number of hydrogen-bond donors (Lipinski definition) is 1. The van der Waals surface area contributed by atoms with E-state index in [0.29, 0.717) is 30.0 Å². The average Bonchev–Trinajstić information content (AvgIpc) is 3.12. The number of pyridine rings is 2. The number of phenolic OH excluding ortho intramolecular Hbond substituents is 1. The van der Waals surface area contributed by atoms with E-state index in [2.05, 4.69) is 21.5 Å². The largest absolute Gasteiger partial charge is 0.507 e. The first-order valence-electron chi connectivity index (χ1n) is 13.5. The Morgan fingerprint density at radius 2 is 2.00 bits per heavy atom. The summed E-state index contributed by atoms with van der Waals surface area (Å²) in [5, 5.41) is 10.7. The van der Waals surface area contributed by atoms with Gasteiger partial charge < -0.3 is 19.6 Å². The van der Waals surface area contributed by atoms with Gasteiger partial charge in [0.1, 0.15) is 35.1 Å². The second-order valence-corrected chi connectivity index (χ2v) is 10.7. The van der Waals surface area contributed by atoms with Crippen LogP contribution in [0.5, 0.6) is 11.5 Å². The van der Waals surface area contributed by atoms with Crippen LogP contribution in [-0.2, 0) is 4.79 Å². The highest BCUT2D eigenvalue weighted by molar-refractivity contribution is 5.97. The SMILES string of the molecule is C=CC(=O)N1CCN2c3nc(=O)n(-c4c(C)ccnc4C(C)C)c4nc(-c5c(O)cccc5F)c(F)c(c34)OCC2C1. The summed E-state index contributed by atoms with van der Waals surface area (Å²) in [6, 6.07) is 4.86. The molecule has 6 rings (SSSR count). The molecule has 5 heterocycles. The number of aryl methyl sites for hydroxylation is 1. The standard InChI is InChI=1S/C30H28F2N6O4/c1-5-20(40)36-11-12-37-17(13-36)14-42-27-22-28(37)35-30(41)38(26-16(4)9-10-33-24(26)15(2)3)29(22)34-25(23(27)32)21-18(31)7-6-8-19(21)39/h5-10,15,17,39H,1,11-14H2,2-4H3. The van der Waals surface area contributed by atoms with Crippen molar-refractivity contribution in [2.75, 3.05) is 31.1 Å². The number of amides is 1. The van der Waals surface area contributed by atoms with Crippen LogP contribution in [0.2, 0.25) is 0 Å². The van der Waals surface area contributed by atoms with E-state index < -0.39 is 40.4 Å². The Balaban J connectivity index is 1.71. The van der Waals surface area contributed by atoms with Crippen LogP contribution in [0.15, 0.2) is 47.9 Å². The summed E-state index contributed by atoms with van der Waals surface area (Å²) in [5.41, 5.74) is -0.00881. The molecule has 2 aliphatic rings. The Bertz CT molecular complexity index is 1820. The van der Waals surface area contributed by atoms with Crippen LogP contribution in [0.4, 0.5) is 14.6 Å². The zero-order chi connectivity index (χ0) is 29.9. The van der Waals surface area contributed by atoms with Crippen LogP contribution in [0.25, 0.3) is 28.0 Å². The molecule has 1 fully saturated rings. The molecule has 1 amide bonds. The third-order valence-electron chi connectivity index (χ3n) is 7.72. The number of benzene rings is 1. The van der Waals surface area contributed by atoms with Crippen molar-refractivity contribution in [1.82, 2.24) is 24.4 Å². The summed E-state index contributed by atoms with van der Waals surface area (Å²) in [4.78, 5) is 43.2. The maximum Gasteiger partial charge on any atom is 0.355 e. The van der Waals surface area contributed by atoms with E-state index in [0.717, 1.165) is 6.07 Å². The molecule has 4 aromatic rings. The van der Waals surface area contributed by atoms with Crippen molar-refractivity contribution in [1.29, 1.82) is 0 Å². The van der Waals surface area contributed by atoms with Gasteiger partial charge in [0.25, 0.3) is 0 Å². The highest BCUT2D eigenvalue weighted by atomic mass is 19.1. The number of rotatable bonds is 4. The zero-order valence-corrected chi connectivity index (χ0v) is 23.3. The van der Waals surface area contributed by atoms with Gasteiger partial charge in [0, 0.05) is 25.8 Å². The van der Waals surface area contributed by atoms with Gasteiger partial charge in [0.2, 0.25) is 5.91 Å². The number of carbonyl (C=O) groups is 1. The molecule has 42 heavy (non-hydrogen) atoms. The van der Waals surface area contributed by atoms with E-state index in [1.807, 2.05) is 25.7 Å². The first-order chi connectivity index (χ1) is 20.1. The van der Waals surface area contributed by atoms with Crippen molar-refractivity contribution >= 4 is 22.8 Å². The Labute approximate surface area is 239 Å². The minimum Gasteiger partial charge on any atom is -0.507 e. The Morgan fingerprint density at radius 3 is 2.71 bits per heavy atom. The molecule has 0 saturated carbocycles. The molecule has 216 valence electrons. The second kappa shape index (κ2) is 10.2. The minimum absolute atomic E-state index is 0.0256. The summed E-state index contributed by atoms with van der Waals surface area (Å²) >= 11 is 0. The summed E-state index contributed by atoms with van der Waals surface area (Å²) in [6.45, 7) is 9.98. The van der Waals surface area contributed by atoms with Crippen molar-refractivity contribution in [2.24, 2.45) is 0 Å². The van der Waals surface area contributed by atoms with Gasteiger partial charge >= 0.3 is 5.69 Å². The maximum atomic E-state index is 16.4. The molecule has 1 saturated heterocycles.